The van der Waals surface area contributed by atoms with E-state index in [0.717, 1.165) is 5.56 Å². The van der Waals surface area contributed by atoms with Gasteiger partial charge in [-0.2, -0.15) is 10.4 Å². The number of benzene rings is 2. The Morgan fingerprint density at radius 2 is 1.90 bits per heavy atom. The molecular weight excluding hydrogens is 431 g/mol. The molecule has 0 spiro atoms. The summed E-state index contributed by atoms with van der Waals surface area (Å²) < 4.78 is 1.51. The number of nitrogens with zero attached hydrogens (tertiary/aromatic N) is 3. The summed E-state index contributed by atoms with van der Waals surface area (Å²) in [5, 5.41) is 18.0. The van der Waals surface area contributed by atoms with Gasteiger partial charge in [0.05, 0.1) is 11.4 Å². The monoisotopic (exact) mass is 444 g/mol. The minimum Gasteiger partial charge on any atom is -0.347 e. The number of nitrogens with one attached hydrogen (secondary N) is 1. The maximum absolute atomic E-state index is 12.4. The number of halogens is 3. The second-order valence-electron chi connectivity index (χ2n) is 6.16. The van der Waals surface area contributed by atoms with Gasteiger partial charge in [0.15, 0.2) is 0 Å². The van der Waals surface area contributed by atoms with Crippen LogP contribution in [-0.4, -0.2) is 15.7 Å². The number of rotatable bonds is 5. The molecule has 0 saturated heterocycles. The van der Waals surface area contributed by atoms with Crippen LogP contribution in [0.1, 0.15) is 16.8 Å². The van der Waals surface area contributed by atoms with Crippen molar-refractivity contribution in [3.8, 4) is 11.8 Å². The van der Waals surface area contributed by atoms with Gasteiger partial charge in [-0.3, -0.25) is 4.79 Å². The summed E-state index contributed by atoms with van der Waals surface area (Å²) in [4.78, 5) is 12.4. The predicted molar refractivity (Wildman–Crippen MR) is 115 cm³/mol. The van der Waals surface area contributed by atoms with Gasteiger partial charge in [-0.1, -0.05) is 53.0 Å². The fraction of sp³-hybridized carbons (Fsp3) is 0.0952. The van der Waals surface area contributed by atoms with Gasteiger partial charge in [0, 0.05) is 22.2 Å². The van der Waals surface area contributed by atoms with Gasteiger partial charge in [-0.05, 0) is 48.9 Å². The van der Waals surface area contributed by atoms with Crippen LogP contribution in [0.5, 0.6) is 0 Å². The molecule has 29 heavy (non-hydrogen) atoms. The van der Waals surface area contributed by atoms with Gasteiger partial charge < -0.3 is 5.32 Å². The summed E-state index contributed by atoms with van der Waals surface area (Å²) in [7, 11) is 0. The van der Waals surface area contributed by atoms with E-state index >= 15 is 0 Å². The zero-order chi connectivity index (χ0) is 21.0. The van der Waals surface area contributed by atoms with Crippen molar-refractivity contribution in [2.75, 3.05) is 0 Å². The first-order valence-electron chi connectivity index (χ1n) is 8.54. The molecule has 0 saturated carbocycles. The topological polar surface area (TPSA) is 70.7 Å². The normalized spacial score (nSPS) is 11.2. The lowest BCUT2D eigenvalue weighted by Crippen LogP contribution is -2.23. The van der Waals surface area contributed by atoms with Crippen LogP contribution in [0.15, 0.2) is 54.1 Å². The molecule has 0 aliphatic heterocycles. The van der Waals surface area contributed by atoms with Crippen molar-refractivity contribution in [1.82, 2.24) is 15.1 Å². The number of carbonyl (C=O) groups is 1. The highest BCUT2D eigenvalue weighted by molar-refractivity contribution is 6.32. The Kier molecular flexibility index (Phi) is 6.60. The molecule has 1 heterocycles. The maximum Gasteiger partial charge on any atom is 0.262 e. The molecule has 0 bridgehead atoms. The molecule has 5 nitrogen and oxygen atoms in total. The number of aryl methyl sites for hydroxylation is 1. The van der Waals surface area contributed by atoms with Gasteiger partial charge in [0.25, 0.3) is 5.91 Å². The van der Waals surface area contributed by atoms with Crippen molar-refractivity contribution in [3.63, 3.8) is 0 Å². The molecule has 0 radical (unpaired) electrons. The van der Waals surface area contributed by atoms with E-state index in [1.807, 2.05) is 12.1 Å². The molecule has 3 rings (SSSR count). The Balaban J connectivity index is 1.84. The highest BCUT2D eigenvalue weighted by atomic mass is 35.5. The van der Waals surface area contributed by atoms with Crippen molar-refractivity contribution in [1.29, 1.82) is 5.26 Å². The molecule has 0 fully saturated rings. The Hall–Kier alpha value is -2.78. The number of nitriles is 1. The van der Waals surface area contributed by atoms with E-state index in [9.17, 15) is 10.1 Å². The number of hydrogen-bond donors (Lipinski definition) is 1. The lowest BCUT2D eigenvalue weighted by atomic mass is 10.1. The van der Waals surface area contributed by atoms with Crippen molar-refractivity contribution < 1.29 is 4.79 Å². The van der Waals surface area contributed by atoms with Crippen molar-refractivity contribution in [2.24, 2.45) is 0 Å². The van der Waals surface area contributed by atoms with Crippen LogP contribution >= 0.6 is 34.8 Å². The number of carbonyl (C=O) groups excluding carboxylic acids is 1. The van der Waals surface area contributed by atoms with Crippen LogP contribution in [0.3, 0.4) is 0 Å². The van der Waals surface area contributed by atoms with Crippen LogP contribution in [0, 0.1) is 18.3 Å². The summed E-state index contributed by atoms with van der Waals surface area (Å²) in [6.07, 6.45) is 1.43. The molecule has 1 amide bonds. The maximum atomic E-state index is 12.4. The molecular formula is C21H15Cl3N4O. The minimum absolute atomic E-state index is 0.0744. The van der Waals surface area contributed by atoms with Gasteiger partial charge in [-0.15, -0.1) is 0 Å². The predicted octanol–water partition coefficient (Wildman–Crippen LogP) is 5.36. The molecule has 1 N–H and O–H groups in total. The molecule has 0 aliphatic carbocycles. The van der Waals surface area contributed by atoms with Gasteiger partial charge in [0.1, 0.15) is 16.8 Å². The Labute approximate surface area is 183 Å². The van der Waals surface area contributed by atoms with Crippen molar-refractivity contribution in [3.05, 3.63) is 86.1 Å². The summed E-state index contributed by atoms with van der Waals surface area (Å²) in [6.45, 7) is 2.02. The minimum atomic E-state index is -0.506. The lowest BCUT2D eigenvalue weighted by molar-refractivity contribution is -0.117. The third-order valence-electron chi connectivity index (χ3n) is 4.12. The molecule has 0 atom stereocenters. The first-order chi connectivity index (χ1) is 13.9. The smallest absolute Gasteiger partial charge is 0.262 e. The van der Waals surface area contributed by atoms with Gasteiger partial charge in [0.2, 0.25) is 0 Å². The summed E-state index contributed by atoms with van der Waals surface area (Å²) >= 11 is 18.4. The molecule has 3 aromatic rings. The number of amides is 1. The molecule has 0 aliphatic rings. The molecule has 1 aromatic heterocycles. The van der Waals surface area contributed by atoms with Gasteiger partial charge >= 0.3 is 0 Å². The summed E-state index contributed by atoms with van der Waals surface area (Å²) in [6, 6.07) is 16.0. The van der Waals surface area contributed by atoms with E-state index in [4.69, 9.17) is 34.8 Å². The molecule has 2 aromatic carbocycles. The zero-order valence-electron chi connectivity index (χ0n) is 15.3. The standard InChI is InChI=1S/C21H15Cl3N4O/c1-13-19(20(24)28(27-13)18-4-2-3-17(23)10-18)9-15(11-25)21(29)26-12-14-5-7-16(22)8-6-14/h2-10H,12H2,1H3,(H,26,29)/b15-9+. The first kappa shape index (κ1) is 20.9. The van der Waals surface area contributed by atoms with E-state index in [-0.39, 0.29) is 17.3 Å². The molecule has 0 unspecified atom stereocenters. The largest absolute Gasteiger partial charge is 0.347 e. The number of aromatic nitrogens is 2. The van der Waals surface area contributed by atoms with E-state index in [2.05, 4.69) is 10.4 Å². The van der Waals surface area contributed by atoms with Crippen molar-refractivity contribution >= 4 is 46.8 Å². The third kappa shape index (κ3) is 4.99. The summed E-state index contributed by atoms with van der Waals surface area (Å²) in [5.74, 6) is -0.506. The van der Waals surface area contributed by atoms with Crippen LogP contribution in [0.4, 0.5) is 0 Å². The SMILES string of the molecule is Cc1nn(-c2cccc(Cl)c2)c(Cl)c1/C=C(\C#N)C(=O)NCc1ccc(Cl)cc1. The van der Waals surface area contributed by atoms with Crippen LogP contribution in [-0.2, 0) is 11.3 Å². The quantitative estimate of drug-likeness (QED) is 0.424. The highest BCUT2D eigenvalue weighted by Gasteiger charge is 2.16. The average Bonchev–Trinajstić information content (AvgIpc) is 2.99. The van der Waals surface area contributed by atoms with Gasteiger partial charge in [-0.25, -0.2) is 4.68 Å². The summed E-state index contributed by atoms with van der Waals surface area (Å²) in [5.41, 5.74) is 2.53. The Bertz CT molecular complexity index is 1130. The molecule has 146 valence electrons. The van der Waals surface area contributed by atoms with Crippen LogP contribution in [0.2, 0.25) is 15.2 Å². The highest BCUT2D eigenvalue weighted by Crippen LogP contribution is 2.27. The number of hydrogen-bond acceptors (Lipinski definition) is 3. The van der Waals surface area contributed by atoms with Crippen molar-refractivity contribution in [2.45, 2.75) is 13.5 Å². The first-order valence-corrected chi connectivity index (χ1v) is 9.68. The van der Waals surface area contributed by atoms with E-state index < -0.39 is 5.91 Å². The van der Waals surface area contributed by atoms with Crippen LogP contribution < -0.4 is 5.32 Å². The van der Waals surface area contributed by atoms with E-state index in [0.29, 0.717) is 27.0 Å². The average molecular weight is 446 g/mol. The zero-order valence-corrected chi connectivity index (χ0v) is 17.6. The molecule has 8 heteroatoms. The lowest BCUT2D eigenvalue weighted by Gasteiger charge is -2.05. The van der Waals surface area contributed by atoms with E-state index in [1.165, 1.54) is 10.8 Å². The third-order valence-corrected chi connectivity index (χ3v) is 4.97. The second-order valence-corrected chi connectivity index (χ2v) is 7.39. The Morgan fingerprint density at radius 3 is 2.55 bits per heavy atom. The fourth-order valence-electron chi connectivity index (χ4n) is 2.63. The van der Waals surface area contributed by atoms with E-state index in [1.54, 1.807) is 49.4 Å². The second kappa shape index (κ2) is 9.15. The fourth-order valence-corrected chi connectivity index (χ4v) is 3.26. The van der Waals surface area contributed by atoms with Crippen LogP contribution in [0.25, 0.3) is 11.8 Å². The Morgan fingerprint density at radius 1 is 1.17 bits per heavy atom.